The summed E-state index contributed by atoms with van der Waals surface area (Å²) in [5.74, 6) is -0.900. The number of carbonyl (C=O) groups is 1. The molecule has 19 heavy (non-hydrogen) atoms. The molecule has 0 amide bonds. The molecule has 1 aliphatic heterocycles. The molecule has 1 aromatic rings. The van der Waals surface area contributed by atoms with Crippen molar-refractivity contribution < 1.29 is 27.4 Å². The number of halogens is 3. The van der Waals surface area contributed by atoms with Crippen molar-refractivity contribution in [2.75, 3.05) is 19.1 Å². The first kappa shape index (κ1) is 13.5. The fourth-order valence-corrected chi connectivity index (χ4v) is 2.04. The average molecular weight is 275 g/mol. The number of benzene rings is 1. The first-order chi connectivity index (χ1) is 8.82. The zero-order chi connectivity index (χ0) is 14.3. The lowest BCUT2D eigenvalue weighted by atomic mass is 10.1. The molecule has 0 saturated heterocycles. The van der Waals surface area contributed by atoms with Crippen LogP contribution in [0.15, 0.2) is 24.3 Å². The molecular weight excluding hydrogens is 263 g/mol. The Labute approximate surface area is 107 Å². The Hall–Kier alpha value is -1.92. The highest BCUT2D eigenvalue weighted by Crippen LogP contribution is 2.49. The van der Waals surface area contributed by atoms with Gasteiger partial charge in [0.25, 0.3) is 5.72 Å². The summed E-state index contributed by atoms with van der Waals surface area (Å²) in [5.41, 5.74) is -2.44. The minimum atomic E-state index is -4.74. The summed E-state index contributed by atoms with van der Waals surface area (Å²) >= 11 is 0. The molecule has 0 saturated carbocycles. The molecule has 0 radical (unpaired) electrons. The molecule has 1 aliphatic rings. The minimum Gasteiger partial charge on any atom is -0.469 e. The standard InChI is InChI=1S/C12H12F3NO3/c1-16-8-5-3-4-6-9(8)19-11(16,12(13,14)15)7-10(17)18-2/h3-6H,7H2,1-2H3. The summed E-state index contributed by atoms with van der Waals surface area (Å²) in [5, 5.41) is 0. The number of hydrogen-bond donors (Lipinski definition) is 0. The maximum atomic E-state index is 13.4. The lowest BCUT2D eigenvalue weighted by Crippen LogP contribution is -2.60. The van der Waals surface area contributed by atoms with E-state index >= 15 is 0 Å². The predicted molar refractivity (Wildman–Crippen MR) is 60.9 cm³/mol. The highest BCUT2D eigenvalue weighted by atomic mass is 19.4. The van der Waals surface area contributed by atoms with Gasteiger partial charge in [-0.05, 0) is 12.1 Å². The van der Waals surface area contributed by atoms with Crippen LogP contribution in [-0.4, -0.2) is 32.0 Å². The second-order valence-corrected chi connectivity index (χ2v) is 4.16. The Morgan fingerprint density at radius 2 is 2.05 bits per heavy atom. The molecule has 1 heterocycles. The fourth-order valence-electron chi connectivity index (χ4n) is 2.04. The summed E-state index contributed by atoms with van der Waals surface area (Å²) in [6, 6.07) is 6.09. The Balaban J connectivity index is 2.46. The summed E-state index contributed by atoms with van der Waals surface area (Å²) in [6.07, 6.45) is -5.67. The van der Waals surface area contributed by atoms with Crippen molar-refractivity contribution in [3.63, 3.8) is 0 Å². The number of esters is 1. The number of nitrogens with zero attached hydrogens (tertiary/aromatic N) is 1. The molecule has 1 unspecified atom stereocenters. The number of methoxy groups -OCH3 is 1. The van der Waals surface area contributed by atoms with Crippen molar-refractivity contribution in [3.05, 3.63) is 24.3 Å². The normalized spacial score (nSPS) is 21.8. The van der Waals surface area contributed by atoms with Crippen LogP contribution in [0, 0.1) is 0 Å². The van der Waals surface area contributed by atoms with Crippen molar-refractivity contribution in [1.82, 2.24) is 0 Å². The summed E-state index contributed by atoms with van der Waals surface area (Å²) in [4.78, 5) is 12.2. The largest absolute Gasteiger partial charge is 0.469 e. The molecule has 0 aliphatic carbocycles. The van der Waals surface area contributed by atoms with E-state index in [4.69, 9.17) is 4.74 Å². The summed E-state index contributed by atoms with van der Waals surface area (Å²) in [7, 11) is 2.27. The molecule has 0 aromatic heterocycles. The van der Waals surface area contributed by atoms with Gasteiger partial charge in [0.05, 0.1) is 12.8 Å². The van der Waals surface area contributed by atoms with Crippen LogP contribution in [0.4, 0.5) is 18.9 Å². The van der Waals surface area contributed by atoms with Crippen LogP contribution in [0.3, 0.4) is 0 Å². The molecule has 2 rings (SSSR count). The third-order valence-electron chi connectivity index (χ3n) is 3.10. The fraction of sp³-hybridized carbons (Fsp3) is 0.417. The number of fused-ring (bicyclic) bond motifs is 1. The quantitative estimate of drug-likeness (QED) is 0.777. The first-order valence-corrected chi connectivity index (χ1v) is 5.47. The van der Waals surface area contributed by atoms with E-state index in [-0.39, 0.29) is 11.4 Å². The SMILES string of the molecule is COC(=O)CC1(C(F)(F)F)Oc2ccccc2N1C. The van der Waals surface area contributed by atoms with Crippen molar-refractivity contribution in [2.24, 2.45) is 0 Å². The number of anilines is 1. The van der Waals surface area contributed by atoms with Gasteiger partial charge in [-0.25, -0.2) is 0 Å². The number of rotatable bonds is 2. The Bertz CT molecular complexity index is 503. The van der Waals surface area contributed by atoms with Gasteiger partial charge in [0.15, 0.2) is 0 Å². The van der Waals surface area contributed by atoms with Gasteiger partial charge >= 0.3 is 12.1 Å². The third kappa shape index (κ3) is 1.98. The highest BCUT2D eigenvalue weighted by molar-refractivity contribution is 5.74. The van der Waals surface area contributed by atoms with E-state index in [2.05, 4.69) is 4.74 Å². The Morgan fingerprint density at radius 3 is 2.58 bits per heavy atom. The van der Waals surface area contributed by atoms with Crippen LogP contribution in [0.1, 0.15) is 6.42 Å². The number of ether oxygens (including phenoxy) is 2. The highest BCUT2D eigenvalue weighted by Gasteiger charge is 2.65. The van der Waals surface area contributed by atoms with Gasteiger partial charge in [0, 0.05) is 7.05 Å². The van der Waals surface area contributed by atoms with E-state index in [9.17, 15) is 18.0 Å². The predicted octanol–water partition coefficient (Wildman–Crippen LogP) is 2.34. The zero-order valence-electron chi connectivity index (χ0n) is 10.3. The van der Waals surface area contributed by atoms with Crippen LogP contribution in [-0.2, 0) is 9.53 Å². The lowest BCUT2D eigenvalue weighted by Gasteiger charge is -2.36. The van der Waals surface area contributed by atoms with Gasteiger partial charge < -0.3 is 14.4 Å². The third-order valence-corrected chi connectivity index (χ3v) is 3.10. The average Bonchev–Trinajstić information content (AvgIpc) is 2.63. The van der Waals surface area contributed by atoms with Crippen LogP contribution in [0.2, 0.25) is 0 Å². The van der Waals surface area contributed by atoms with Crippen LogP contribution in [0.5, 0.6) is 5.75 Å². The molecule has 0 spiro atoms. The number of alkyl halides is 3. The Morgan fingerprint density at radius 1 is 1.42 bits per heavy atom. The monoisotopic (exact) mass is 275 g/mol. The molecular formula is C12H12F3NO3. The molecule has 1 atom stereocenters. The number of hydrogen-bond acceptors (Lipinski definition) is 4. The molecule has 7 heteroatoms. The molecule has 104 valence electrons. The second-order valence-electron chi connectivity index (χ2n) is 4.16. The van der Waals surface area contributed by atoms with E-state index in [1.165, 1.54) is 19.2 Å². The van der Waals surface area contributed by atoms with E-state index in [0.29, 0.717) is 0 Å². The van der Waals surface area contributed by atoms with E-state index < -0.39 is 24.3 Å². The van der Waals surface area contributed by atoms with Crippen molar-refractivity contribution >= 4 is 11.7 Å². The molecule has 0 N–H and O–H groups in total. The lowest BCUT2D eigenvalue weighted by molar-refractivity contribution is -0.245. The van der Waals surface area contributed by atoms with Gasteiger partial charge in [0.2, 0.25) is 0 Å². The van der Waals surface area contributed by atoms with Crippen molar-refractivity contribution in [1.29, 1.82) is 0 Å². The van der Waals surface area contributed by atoms with Gasteiger partial charge in [-0.2, -0.15) is 13.2 Å². The van der Waals surface area contributed by atoms with Crippen LogP contribution < -0.4 is 9.64 Å². The van der Waals surface area contributed by atoms with E-state index in [1.807, 2.05) is 0 Å². The maximum absolute atomic E-state index is 13.4. The smallest absolute Gasteiger partial charge is 0.449 e. The molecule has 0 bridgehead atoms. The van der Waals surface area contributed by atoms with Gasteiger partial charge in [0.1, 0.15) is 12.2 Å². The first-order valence-electron chi connectivity index (χ1n) is 5.47. The van der Waals surface area contributed by atoms with Crippen molar-refractivity contribution in [3.8, 4) is 5.75 Å². The summed E-state index contributed by atoms with van der Waals surface area (Å²) in [6.45, 7) is 0. The molecule has 4 nitrogen and oxygen atoms in total. The molecule has 1 aromatic carbocycles. The van der Waals surface area contributed by atoms with Gasteiger partial charge in [-0.3, -0.25) is 4.79 Å². The van der Waals surface area contributed by atoms with Crippen LogP contribution >= 0.6 is 0 Å². The zero-order valence-corrected chi connectivity index (χ0v) is 10.3. The van der Waals surface area contributed by atoms with Gasteiger partial charge in [-0.15, -0.1) is 0 Å². The minimum absolute atomic E-state index is 0.0891. The maximum Gasteiger partial charge on any atom is 0.449 e. The van der Waals surface area contributed by atoms with E-state index in [0.717, 1.165) is 12.0 Å². The second kappa shape index (κ2) is 4.32. The van der Waals surface area contributed by atoms with Crippen molar-refractivity contribution in [2.45, 2.75) is 18.3 Å². The van der Waals surface area contributed by atoms with E-state index in [1.54, 1.807) is 12.1 Å². The van der Waals surface area contributed by atoms with Gasteiger partial charge in [-0.1, -0.05) is 12.1 Å². The number of carbonyl (C=O) groups excluding carboxylic acids is 1. The van der Waals surface area contributed by atoms with Crippen LogP contribution in [0.25, 0.3) is 0 Å². The number of para-hydroxylation sites is 2. The Kier molecular flexibility index (Phi) is 3.07. The summed E-state index contributed by atoms with van der Waals surface area (Å²) < 4.78 is 49.4. The topological polar surface area (TPSA) is 38.8 Å². The molecule has 0 fully saturated rings.